The van der Waals surface area contributed by atoms with Crippen LogP contribution in [0.2, 0.25) is 0 Å². The summed E-state index contributed by atoms with van der Waals surface area (Å²) < 4.78 is 59.6. The van der Waals surface area contributed by atoms with Crippen LogP contribution in [-0.4, -0.2) is 14.3 Å². The fourth-order valence-electron chi connectivity index (χ4n) is 2.32. The molecular weight excluding hydrogens is 456 g/mol. The molecule has 3 aromatic carbocycles. The maximum Gasteiger partial charge on any atom is 0.268 e. The highest BCUT2D eigenvalue weighted by atomic mass is 79.9. The average molecular weight is 468 g/mol. The maximum absolute atomic E-state index is 13.7. The van der Waals surface area contributed by atoms with Crippen molar-refractivity contribution in [2.75, 3.05) is 0 Å². The first-order chi connectivity index (χ1) is 13.3. The van der Waals surface area contributed by atoms with E-state index in [1.54, 1.807) is 6.07 Å². The maximum atomic E-state index is 13.7. The summed E-state index contributed by atoms with van der Waals surface area (Å²) in [6, 6.07) is 14.0. The van der Waals surface area contributed by atoms with Gasteiger partial charge >= 0.3 is 0 Å². The molecule has 0 atom stereocenters. The lowest BCUT2D eigenvalue weighted by Gasteiger charge is -2.13. The number of carbonyl (C=O) groups excluding carboxylic acids is 1. The van der Waals surface area contributed by atoms with Crippen molar-refractivity contribution >= 4 is 31.9 Å². The normalized spacial score (nSPS) is 11.1. The third-order valence-corrected chi connectivity index (χ3v) is 5.91. The number of halogens is 3. The van der Waals surface area contributed by atoms with E-state index in [0.717, 1.165) is 24.3 Å². The van der Waals surface area contributed by atoms with E-state index >= 15 is 0 Å². The lowest BCUT2D eigenvalue weighted by atomic mass is 10.2. The van der Waals surface area contributed by atoms with E-state index in [1.807, 2.05) is 4.72 Å². The summed E-state index contributed by atoms with van der Waals surface area (Å²) in [5.74, 6) is -2.50. The molecule has 0 fully saturated rings. The van der Waals surface area contributed by atoms with Crippen LogP contribution in [0.25, 0.3) is 0 Å². The molecule has 0 aliphatic carbocycles. The Labute approximate surface area is 168 Å². The van der Waals surface area contributed by atoms with E-state index in [1.165, 1.54) is 36.4 Å². The predicted octanol–water partition coefficient (Wildman–Crippen LogP) is 4.64. The SMILES string of the molecule is O=C(NS(=O)(=O)c1ccccc1Br)c1cc(F)ccc1Oc1cccc(F)c1. The number of hydrogen-bond acceptors (Lipinski definition) is 4. The molecule has 144 valence electrons. The van der Waals surface area contributed by atoms with Gasteiger partial charge in [-0.05, 0) is 58.4 Å². The van der Waals surface area contributed by atoms with Gasteiger partial charge in [-0.3, -0.25) is 4.79 Å². The highest BCUT2D eigenvalue weighted by Crippen LogP contribution is 2.27. The molecule has 3 rings (SSSR count). The van der Waals surface area contributed by atoms with Gasteiger partial charge in [-0.25, -0.2) is 21.9 Å². The Kier molecular flexibility index (Phi) is 5.76. The number of ether oxygens (including phenoxy) is 1. The third kappa shape index (κ3) is 4.55. The van der Waals surface area contributed by atoms with Crippen LogP contribution in [0.15, 0.2) is 76.1 Å². The fraction of sp³-hybridized carbons (Fsp3) is 0. The minimum atomic E-state index is -4.23. The molecule has 0 heterocycles. The van der Waals surface area contributed by atoms with E-state index in [-0.39, 0.29) is 26.4 Å². The van der Waals surface area contributed by atoms with Crippen LogP contribution in [0.3, 0.4) is 0 Å². The Morgan fingerprint density at radius 3 is 2.36 bits per heavy atom. The van der Waals surface area contributed by atoms with E-state index in [4.69, 9.17) is 4.74 Å². The Balaban J connectivity index is 1.93. The highest BCUT2D eigenvalue weighted by molar-refractivity contribution is 9.10. The van der Waals surface area contributed by atoms with Crippen LogP contribution in [0.5, 0.6) is 11.5 Å². The van der Waals surface area contributed by atoms with Gasteiger partial charge in [0.25, 0.3) is 15.9 Å². The fourth-order valence-corrected chi connectivity index (χ4v) is 4.29. The summed E-state index contributed by atoms with van der Waals surface area (Å²) in [5.41, 5.74) is -0.361. The molecule has 28 heavy (non-hydrogen) atoms. The first kappa shape index (κ1) is 20.0. The Morgan fingerprint density at radius 1 is 0.929 bits per heavy atom. The number of nitrogens with one attached hydrogen (secondary N) is 1. The number of hydrogen-bond donors (Lipinski definition) is 1. The molecule has 5 nitrogen and oxygen atoms in total. The van der Waals surface area contributed by atoms with Gasteiger partial charge in [0.2, 0.25) is 0 Å². The molecule has 0 spiro atoms. The second-order valence-electron chi connectivity index (χ2n) is 5.56. The second kappa shape index (κ2) is 8.07. The van der Waals surface area contributed by atoms with Crippen LogP contribution >= 0.6 is 15.9 Å². The lowest BCUT2D eigenvalue weighted by Crippen LogP contribution is -2.31. The van der Waals surface area contributed by atoms with Crippen molar-refractivity contribution in [3.8, 4) is 11.5 Å². The summed E-state index contributed by atoms with van der Waals surface area (Å²) in [4.78, 5) is 12.4. The average Bonchev–Trinajstić information content (AvgIpc) is 2.63. The Bertz CT molecular complexity index is 1150. The van der Waals surface area contributed by atoms with Crippen LogP contribution < -0.4 is 9.46 Å². The van der Waals surface area contributed by atoms with Crippen molar-refractivity contribution in [1.29, 1.82) is 0 Å². The first-order valence-corrected chi connectivity index (χ1v) is 10.1. The molecule has 0 aliphatic heterocycles. The minimum absolute atomic E-state index is 0.0642. The molecule has 0 unspecified atom stereocenters. The molecule has 0 aromatic heterocycles. The van der Waals surface area contributed by atoms with Crippen molar-refractivity contribution in [1.82, 2.24) is 4.72 Å². The van der Waals surface area contributed by atoms with E-state index in [0.29, 0.717) is 0 Å². The number of rotatable bonds is 5. The number of amides is 1. The van der Waals surface area contributed by atoms with Crippen molar-refractivity contribution in [3.05, 3.63) is 88.4 Å². The van der Waals surface area contributed by atoms with Crippen molar-refractivity contribution < 1.29 is 26.7 Å². The van der Waals surface area contributed by atoms with E-state index in [9.17, 15) is 22.0 Å². The summed E-state index contributed by atoms with van der Waals surface area (Å²) in [6.45, 7) is 0. The predicted molar refractivity (Wildman–Crippen MR) is 102 cm³/mol. The number of benzene rings is 3. The van der Waals surface area contributed by atoms with Crippen LogP contribution in [0.4, 0.5) is 8.78 Å². The van der Waals surface area contributed by atoms with Gasteiger partial charge in [-0.15, -0.1) is 0 Å². The molecule has 3 aromatic rings. The zero-order valence-electron chi connectivity index (χ0n) is 14.0. The largest absolute Gasteiger partial charge is 0.456 e. The van der Waals surface area contributed by atoms with Gasteiger partial charge in [0.05, 0.1) is 5.56 Å². The summed E-state index contributed by atoms with van der Waals surface area (Å²) in [5, 5.41) is 0. The molecule has 0 radical (unpaired) electrons. The van der Waals surface area contributed by atoms with Crippen LogP contribution in [0.1, 0.15) is 10.4 Å². The standard InChI is InChI=1S/C19H12BrF2NO4S/c20-16-6-1-2-7-18(16)28(25,26)23-19(24)15-11-13(22)8-9-17(15)27-14-5-3-4-12(21)10-14/h1-11H,(H,23,24). The minimum Gasteiger partial charge on any atom is -0.456 e. The monoisotopic (exact) mass is 467 g/mol. The quantitative estimate of drug-likeness (QED) is 0.593. The summed E-state index contributed by atoms with van der Waals surface area (Å²) in [6.07, 6.45) is 0. The van der Waals surface area contributed by atoms with Crippen molar-refractivity contribution in [3.63, 3.8) is 0 Å². The van der Waals surface area contributed by atoms with E-state index in [2.05, 4.69) is 15.9 Å². The van der Waals surface area contributed by atoms with Crippen molar-refractivity contribution in [2.24, 2.45) is 0 Å². The first-order valence-electron chi connectivity index (χ1n) is 7.81. The van der Waals surface area contributed by atoms with Gasteiger partial charge in [0.1, 0.15) is 28.0 Å². The summed E-state index contributed by atoms with van der Waals surface area (Å²) >= 11 is 3.10. The third-order valence-electron chi connectivity index (χ3n) is 3.56. The van der Waals surface area contributed by atoms with Crippen LogP contribution in [0, 0.1) is 11.6 Å². The Hall–Kier alpha value is -2.78. The molecule has 1 N–H and O–H groups in total. The molecule has 0 bridgehead atoms. The van der Waals surface area contributed by atoms with Gasteiger partial charge in [-0.2, -0.15) is 0 Å². The Morgan fingerprint density at radius 2 is 1.64 bits per heavy atom. The van der Waals surface area contributed by atoms with Gasteiger partial charge < -0.3 is 4.74 Å². The molecule has 9 heteroatoms. The van der Waals surface area contributed by atoms with Crippen LogP contribution in [-0.2, 0) is 10.0 Å². The smallest absolute Gasteiger partial charge is 0.268 e. The number of carbonyl (C=O) groups is 1. The van der Waals surface area contributed by atoms with E-state index < -0.39 is 27.6 Å². The second-order valence-corrected chi connectivity index (χ2v) is 8.07. The molecule has 0 saturated carbocycles. The lowest BCUT2D eigenvalue weighted by molar-refractivity contribution is 0.0978. The van der Waals surface area contributed by atoms with Crippen molar-refractivity contribution in [2.45, 2.75) is 4.90 Å². The molecular formula is C19H12BrF2NO4S. The number of sulfonamides is 1. The van der Waals surface area contributed by atoms with Gasteiger partial charge in [0.15, 0.2) is 0 Å². The summed E-state index contributed by atoms with van der Waals surface area (Å²) in [7, 11) is -4.23. The van der Waals surface area contributed by atoms with Gasteiger partial charge in [-0.1, -0.05) is 18.2 Å². The molecule has 0 saturated heterocycles. The molecule has 0 aliphatic rings. The topological polar surface area (TPSA) is 72.5 Å². The zero-order valence-corrected chi connectivity index (χ0v) is 16.4. The highest BCUT2D eigenvalue weighted by Gasteiger charge is 2.23. The molecule has 1 amide bonds. The van der Waals surface area contributed by atoms with Gasteiger partial charge in [0, 0.05) is 10.5 Å². The zero-order chi connectivity index (χ0) is 20.3.